The number of rotatable bonds is 7. The van der Waals surface area contributed by atoms with Crippen LogP contribution in [0.3, 0.4) is 0 Å². The van der Waals surface area contributed by atoms with Crippen molar-refractivity contribution in [3.05, 3.63) is 70.4 Å². The maximum Gasteiger partial charge on any atom is 0.274 e. The average Bonchev–Trinajstić information content (AvgIpc) is 3.28. The van der Waals surface area contributed by atoms with Crippen molar-refractivity contribution in [1.29, 1.82) is 0 Å². The van der Waals surface area contributed by atoms with Gasteiger partial charge in [-0.25, -0.2) is 4.68 Å². The maximum absolute atomic E-state index is 12.9. The minimum Gasteiger partial charge on any atom is -0.350 e. The standard InChI is InChI=1S/C22H24N4O2S/c27-21(15-29-17-7-1-2-8-17)24-13-20-18-9-3-4-10-19(18)22(28)26(25-20)14-16-6-5-11-23-12-16/h3-6,9-12,17H,1-2,7-8,13-15H2,(H,24,27). The molecule has 0 aliphatic heterocycles. The first kappa shape index (κ1) is 19.6. The van der Waals surface area contributed by atoms with Crippen molar-refractivity contribution in [2.24, 2.45) is 0 Å². The largest absolute Gasteiger partial charge is 0.350 e. The van der Waals surface area contributed by atoms with Gasteiger partial charge in [0.2, 0.25) is 5.91 Å². The molecular weight excluding hydrogens is 384 g/mol. The molecule has 1 fully saturated rings. The van der Waals surface area contributed by atoms with Crippen LogP contribution in [0.5, 0.6) is 0 Å². The van der Waals surface area contributed by atoms with Crippen LogP contribution in [0.4, 0.5) is 0 Å². The molecule has 2 heterocycles. The molecule has 1 N–H and O–H groups in total. The maximum atomic E-state index is 12.9. The lowest BCUT2D eigenvalue weighted by Gasteiger charge is -2.12. The van der Waals surface area contributed by atoms with Crippen LogP contribution in [0.15, 0.2) is 53.6 Å². The molecule has 3 aromatic rings. The Labute approximate surface area is 173 Å². The highest BCUT2D eigenvalue weighted by Gasteiger charge is 2.17. The number of hydrogen-bond donors (Lipinski definition) is 1. The molecule has 7 heteroatoms. The van der Waals surface area contributed by atoms with Crippen LogP contribution in [0.1, 0.15) is 36.9 Å². The number of thioether (sulfide) groups is 1. The van der Waals surface area contributed by atoms with E-state index in [1.807, 2.05) is 30.3 Å². The fourth-order valence-corrected chi connectivity index (χ4v) is 4.85. The Morgan fingerprint density at radius 2 is 1.93 bits per heavy atom. The van der Waals surface area contributed by atoms with Gasteiger partial charge in [0.25, 0.3) is 5.56 Å². The van der Waals surface area contributed by atoms with Crippen LogP contribution in [0.2, 0.25) is 0 Å². The van der Waals surface area contributed by atoms with Crippen molar-refractivity contribution in [3.63, 3.8) is 0 Å². The van der Waals surface area contributed by atoms with Crippen molar-refractivity contribution >= 4 is 28.4 Å². The number of nitrogens with one attached hydrogen (secondary N) is 1. The fraction of sp³-hybridized carbons (Fsp3) is 0.364. The van der Waals surface area contributed by atoms with Crippen LogP contribution >= 0.6 is 11.8 Å². The topological polar surface area (TPSA) is 76.9 Å². The summed E-state index contributed by atoms with van der Waals surface area (Å²) in [6, 6.07) is 11.2. The zero-order chi connectivity index (χ0) is 20.1. The summed E-state index contributed by atoms with van der Waals surface area (Å²) in [5.41, 5.74) is 1.46. The minimum atomic E-state index is -0.142. The van der Waals surface area contributed by atoms with Gasteiger partial charge in [-0.1, -0.05) is 37.1 Å². The molecule has 4 rings (SSSR count). The quantitative estimate of drug-likeness (QED) is 0.650. The molecule has 29 heavy (non-hydrogen) atoms. The summed E-state index contributed by atoms with van der Waals surface area (Å²) in [6.07, 6.45) is 8.39. The molecule has 0 unspecified atom stereocenters. The predicted octanol–water partition coefficient (Wildman–Crippen LogP) is 3.13. The van der Waals surface area contributed by atoms with Gasteiger partial charge in [-0.2, -0.15) is 5.10 Å². The van der Waals surface area contributed by atoms with Crippen LogP contribution < -0.4 is 10.9 Å². The van der Waals surface area contributed by atoms with Gasteiger partial charge in [-0.3, -0.25) is 14.6 Å². The Kier molecular flexibility index (Phi) is 6.24. The van der Waals surface area contributed by atoms with Crippen LogP contribution in [0.25, 0.3) is 10.8 Å². The number of benzene rings is 1. The summed E-state index contributed by atoms with van der Waals surface area (Å²) in [5.74, 6) is 0.482. The Morgan fingerprint density at radius 3 is 2.69 bits per heavy atom. The van der Waals surface area contributed by atoms with Crippen LogP contribution in [-0.4, -0.2) is 31.7 Å². The highest BCUT2D eigenvalue weighted by molar-refractivity contribution is 8.00. The van der Waals surface area contributed by atoms with E-state index in [4.69, 9.17) is 0 Å². The molecule has 1 aromatic carbocycles. The van der Waals surface area contributed by atoms with Gasteiger partial charge in [0.15, 0.2) is 0 Å². The number of hydrogen-bond acceptors (Lipinski definition) is 5. The van der Waals surface area contributed by atoms with Crippen molar-refractivity contribution in [2.45, 2.75) is 44.0 Å². The second kappa shape index (κ2) is 9.22. The molecule has 2 aromatic heterocycles. The van der Waals surface area contributed by atoms with Crippen molar-refractivity contribution in [2.75, 3.05) is 5.75 Å². The number of fused-ring (bicyclic) bond motifs is 1. The lowest BCUT2D eigenvalue weighted by molar-refractivity contribution is -0.118. The highest BCUT2D eigenvalue weighted by Crippen LogP contribution is 2.29. The van der Waals surface area contributed by atoms with Crippen LogP contribution in [0, 0.1) is 0 Å². The number of carbonyl (C=O) groups is 1. The molecule has 1 saturated carbocycles. The third kappa shape index (κ3) is 4.85. The summed E-state index contributed by atoms with van der Waals surface area (Å²) in [6.45, 7) is 0.647. The third-order valence-electron chi connectivity index (χ3n) is 5.20. The zero-order valence-corrected chi connectivity index (χ0v) is 17.0. The summed E-state index contributed by atoms with van der Waals surface area (Å²) < 4.78 is 1.45. The van der Waals surface area contributed by atoms with E-state index in [1.165, 1.54) is 30.4 Å². The Bertz CT molecular complexity index is 1050. The van der Waals surface area contributed by atoms with Crippen LogP contribution in [-0.2, 0) is 17.9 Å². The zero-order valence-electron chi connectivity index (χ0n) is 16.2. The first-order chi connectivity index (χ1) is 14.2. The number of nitrogens with zero attached hydrogens (tertiary/aromatic N) is 3. The highest BCUT2D eigenvalue weighted by atomic mass is 32.2. The fourth-order valence-electron chi connectivity index (χ4n) is 3.69. The van der Waals surface area contributed by atoms with E-state index in [0.717, 1.165) is 10.9 Å². The lowest BCUT2D eigenvalue weighted by Crippen LogP contribution is -2.30. The van der Waals surface area contributed by atoms with Crippen molar-refractivity contribution < 1.29 is 4.79 Å². The van der Waals surface area contributed by atoms with E-state index >= 15 is 0 Å². The van der Waals surface area contributed by atoms with E-state index in [-0.39, 0.29) is 11.5 Å². The van der Waals surface area contributed by atoms with Gasteiger partial charge in [0.1, 0.15) is 0 Å². The van der Waals surface area contributed by atoms with E-state index in [2.05, 4.69) is 15.4 Å². The van der Waals surface area contributed by atoms with Gasteiger partial charge in [-0.05, 0) is 30.5 Å². The van der Waals surface area contributed by atoms with Gasteiger partial charge < -0.3 is 5.32 Å². The second-order valence-electron chi connectivity index (χ2n) is 7.31. The number of carbonyl (C=O) groups excluding carboxylic acids is 1. The molecule has 150 valence electrons. The molecule has 1 aliphatic rings. The van der Waals surface area contributed by atoms with Gasteiger partial charge >= 0.3 is 0 Å². The molecule has 6 nitrogen and oxygen atoms in total. The second-order valence-corrected chi connectivity index (χ2v) is 8.60. The molecule has 0 saturated heterocycles. The summed E-state index contributed by atoms with van der Waals surface area (Å²) in [7, 11) is 0. The van der Waals surface area contributed by atoms with Gasteiger partial charge in [0.05, 0.1) is 29.9 Å². The number of pyridine rings is 1. The Balaban J connectivity index is 1.52. The SMILES string of the molecule is O=C(CSC1CCCC1)NCc1nn(Cc2cccnc2)c(=O)c2ccccc12. The van der Waals surface area contributed by atoms with Crippen molar-refractivity contribution in [3.8, 4) is 0 Å². The molecule has 0 radical (unpaired) electrons. The average molecular weight is 409 g/mol. The summed E-state index contributed by atoms with van der Waals surface area (Å²) >= 11 is 1.74. The summed E-state index contributed by atoms with van der Waals surface area (Å²) in [4.78, 5) is 29.3. The molecule has 1 amide bonds. The predicted molar refractivity (Wildman–Crippen MR) is 116 cm³/mol. The normalized spacial score (nSPS) is 14.3. The first-order valence-electron chi connectivity index (χ1n) is 9.96. The van der Waals surface area contributed by atoms with Crippen molar-refractivity contribution in [1.82, 2.24) is 20.1 Å². The van der Waals surface area contributed by atoms with E-state index in [0.29, 0.717) is 35.2 Å². The van der Waals surface area contributed by atoms with E-state index < -0.39 is 0 Å². The molecule has 0 spiro atoms. The third-order valence-corrected chi connectivity index (χ3v) is 6.58. The van der Waals surface area contributed by atoms with E-state index in [9.17, 15) is 9.59 Å². The Morgan fingerprint density at radius 1 is 1.14 bits per heavy atom. The minimum absolute atomic E-state index is 0.0118. The molecular formula is C22H24N4O2S. The number of amides is 1. The first-order valence-corrected chi connectivity index (χ1v) is 11.0. The monoisotopic (exact) mass is 408 g/mol. The lowest BCUT2D eigenvalue weighted by atomic mass is 10.1. The number of aromatic nitrogens is 3. The molecule has 1 aliphatic carbocycles. The van der Waals surface area contributed by atoms with Gasteiger partial charge in [-0.15, -0.1) is 11.8 Å². The summed E-state index contributed by atoms with van der Waals surface area (Å²) in [5, 5.41) is 9.54. The molecule has 0 atom stereocenters. The smallest absolute Gasteiger partial charge is 0.274 e. The van der Waals surface area contributed by atoms with Gasteiger partial charge in [0, 0.05) is 23.0 Å². The van der Waals surface area contributed by atoms with E-state index in [1.54, 1.807) is 30.2 Å². The Hall–Kier alpha value is -2.67. The molecule has 0 bridgehead atoms.